The van der Waals surface area contributed by atoms with Crippen LogP contribution in [0.15, 0.2) is 0 Å². The summed E-state index contributed by atoms with van der Waals surface area (Å²) in [7, 11) is 0. The summed E-state index contributed by atoms with van der Waals surface area (Å²) in [6.07, 6.45) is 3.41. The summed E-state index contributed by atoms with van der Waals surface area (Å²) in [6, 6.07) is 0. The summed E-state index contributed by atoms with van der Waals surface area (Å²) in [5.41, 5.74) is 0.397. The minimum atomic E-state index is -0.479. The van der Waals surface area contributed by atoms with E-state index in [2.05, 4.69) is 0 Å². The van der Waals surface area contributed by atoms with E-state index in [0.717, 1.165) is 6.42 Å². The number of rotatable bonds is 1. The van der Waals surface area contributed by atoms with E-state index in [1.165, 1.54) is 12.8 Å². The molecule has 0 amide bonds. The van der Waals surface area contributed by atoms with Crippen molar-refractivity contribution in [2.24, 2.45) is 16.7 Å². The normalized spacial score (nSPS) is 53.2. The van der Waals surface area contributed by atoms with Crippen LogP contribution in [0.4, 0.5) is 0 Å². The molecule has 2 spiro atoms. The second kappa shape index (κ2) is 1.47. The predicted octanol–water partition coefficient (Wildman–Crippen LogP) is 1.95. The van der Waals surface area contributed by atoms with Crippen LogP contribution in [0.25, 0.3) is 0 Å². The summed E-state index contributed by atoms with van der Waals surface area (Å²) >= 11 is 12.4. The van der Waals surface area contributed by atoms with Crippen LogP contribution in [0.3, 0.4) is 0 Å². The van der Waals surface area contributed by atoms with E-state index in [1.807, 2.05) is 0 Å². The van der Waals surface area contributed by atoms with E-state index in [4.69, 9.17) is 28.3 Å². The molecular weight excluding hydrogens is 183 g/mol. The van der Waals surface area contributed by atoms with Gasteiger partial charge in [0.05, 0.1) is 0 Å². The molecule has 3 saturated carbocycles. The molecule has 0 heterocycles. The fourth-order valence-corrected chi connectivity index (χ4v) is 4.55. The van der Waals surface area contributed by atoms with Gasteiger partial charge >= 0.3 is 0 Å². The van der Waals surface area contributed by atoms with Crippen LogP contribution in [0.5, 0.6) is 0 Å². The first-order valence-corrected chi connectivity index (χ1v) is 4.87. The molecule has 2 atom stereocenters. The van der Waals surface area contributed by atoms with Gasteiger partial charge in [-0.3, -0.25) is 0 Å². The molecule has 3 heteroatoms. The first-order chi connectivity index (χ1) is 5.12. The van der Waals surface area contributed by atoms with Crippen molar-refractivity contribution < 1.29 is 5.11 Å². The van der Waals surface area contributed by atoms with Gasteiger partial charge in [0.25, 0.3) is 0 Å². The van der Waals surface area contributed by atoms with Crippen molar-refractivity contribution in [1.82, 2.24) is 0 Å². The lowest BCUT2D eigenvalue weighted by Gasteiger charge is -1.92. The fraction of sp³-hybridized carbons (Fsp3) is 1.00. The molecule has 0 unspecified atom stereocenters. The van der Waals surface area contributed by atoms with Gasteiger partial charge in [0.15, 0.2) is 0 Å². The number of halogens is 2. The summed E-state index contributed by atoms with van der Waals surface area (Å²) < 4.78 is -0.479. The standard InChI is InChI=1S/C8H10Cl2O/c9-8(10)6(1-2-6)7(8)3-5(7)4-11/h5,11H,1-4H2/t5-,7+/m1/s1. The highest BCUT2D eigenvalue weighted by Gasteiger charge is 2.98. The molecular formula is C8H10Cl2O. The van der Waals surface area contributed by atoms with E-state index in [1.54, 1.807) is 0 Å². The first-order valence-electron chi connectivity index (χ1n) is 4.11. The van der Waals surface area contributed by atoms with Gasteiger partial charge in [-0.05, 0) is 25.2 Å². The Morgan fingerprint density at radius 3 is 2.27 bits per heavy atom. The summed E-state index contributed by atoms with van der Waals surface area (Å²) in [5.74, 6) is 0.403. The van der Waals surface area contributed by atoms with Crippen LogP contribution in [0.2, 0.25) is 0 Å². The number of alkyl halides is 2. The van der Waals surface area contributed by atoms with Gasteiger partial charge in [-0.1, -0.05) is 0 Å². The lowest BCUT2D eigenvalue weighted by atomic mass is 10.2. The van der Waals surface area contributed by atoms with Crippen molar-refractivity contribution in [2.75, 3.05) is 6.61 Å². The van der Waals surface area contributed by atoms with Crippen molar-refractivity contribution in [2.45, 2.75) is 23.6 Å². The van der Waals surface area contributed by atoms with Crippen LogP contribution in [0.1, 0.15) is 19.3 Å². The third kappa shape index (κ3) is 0.445. The average molecular weight is 193 g/mol. The Labute approximate surface area is 75.7 Å². The summed E-state index contributed by atoms with van der Waals surface area (Å²) in [4.78, 5) is 0. The maximum Gasteiger partial charge on any atom is 0.131 e. The fourth-order valence-electron chi connectivity index (χ4n) is 3.10. The lowest BCUT2D eigenvalue weighted by molar-refractivity contribution is 0.263. The summed E-state index contributed by atoms with van der Waals surface area (Å²) in [6.45, 7) is 0.267. The molecule has 0 aliphatic heterocycles. The maximum absolute atomic E-state index is 8.96. The quantitative estimate of drug-likeness (QED) is 0.631. The molecule has 0 aromatic carbocycles. The Bertz CT molecular complexity index is 228. The minimum Gasteiger partial charge on any atom is -0.396 e. The Balaban J connectivity index is 1.94. The zero-order valence-electron chi connectivity index (χ0n) is 6.11. The van der Waals surface area contributed by atoms with Crippen molar-refractivity contribution in [3.05, 3.63) is 0 Å². The molecule has 1 N–H and O–H groups in total. The second-order valence-corrected chi connectivity index (χ2v) is 5.54. The Morgan fingerprint density at radius 1 is 1.36 bits per heavy atom. The molecule has 3 aliphatic rings. The lowest BCUT2D eigenvalue weighted by Crippen LogP contribution is -1.95. The van der Waals surface area contributed by atoms with Crippen LogP contribution in [-0.4, -0.2) is 16.0 Å². The van der Waals surface area contributed by atoms with Crippen LogP contribution in [0, 0.1) is 16.7 Å². The molecule has 0 aromatic heterocycles. The third-order valence-electron chi connectivity index (χ3n) is 4.03. The molecule has 1 nitrogen and oxygen atoms in total. The number of hydrogen-bond donors (Lipinski definition) is 1. The topological polar surface area (TPSA) is 20.2 Å². The predicted molar refractivity (Wildman–Crippen MR) is 43.7 cm³/mol. The molecule has 3 fully saturated rings. The van der Waals surface area contributed by atoms with Crippen LogP contribution in [-0.2, 0) is 0 Å². The van der Waals surface area contributed by atoms with Crippen LogP contribution >= 0.6 is 23.2 Å². The van der Waals surface area contributed by atoms with Gasteiger partial charge in [-0.25, -0.2) is 0 Å². The summed E-state index contributed by atoms with van der Waals surface area (Å²) in [5, 5.41) is 8.96. The minimum absolute atomic E-state index is 0.151. The maximum atomic E-state index is 8.96. The molecule has 3 aliphatic carbocycles. The van der Waals surface area contributed by atoms with Gasteiger partial charge in [-0.2, -0.15) is 0 Å². The molecule has 0 radical (unpaired) electrons. The van der Waals surface area contributed by atoms with E-state index in [0.29, 0.717) is 5.92 Å². The van der Waals surface area contributed by atoms with Crippen molar-refractivity contribution in [1.29, 1.82) is 0 Å². The smallest absolute Gasteiger partial charge is 0.131 e. The largest absolute Gasteiger partial charge is 0.396 e. The van der Waals surface area contributed by atoms with Gasteiger partial charge in [-0.15, -0.1) is 23.2 Å². The molecule has 0 aromatic rings. The molecule has 3 rings (SSSR count). The van der Waals surface area contributed by atoms with Crippen molar-refractivity contribution in [3.8, 4) is 0 Å². The van der Waals surface area contributed by atoms with E-state index in [-0.39, 0.29) is 17.4 Å². The highest BCUT2D eigenvalue weighted by atomic mass is 35.5. The van der Waals surface area contributed by atoms with Crippen LogP contribution < -0.4 is 0 Å². The molecule has 0 bridgehead atoms. The highest BCUT2D eigenvalue weighted by Crippen LogP contribution is 2.99. The van der Waals surface area contributed by atoms with E-state index in [9.17, 15) is 0 Å². The zero-order chi connectivity index (χ0) is 7.91. The number of hydrogen-bond acceptors (Lipinski definition) is 1. The second-order valence-electron chi connectivity index (χ2n) is 4.21. The SMILES string of the molecule is OC[C@H]1C[C@]12C(Cl)(Cl)C21CC1. The van der Waals surface area contributed by atoms with E-state index >= 15 is 0 Å². The average Bonchev–Trinajstić information content (AvgIpc) is 2.83. The zero-order valence-corrected chi connectivity index (χ0v) is 7.62. The van der Waals surface area contributed by atoms with E-state index < -0.39 is 4.33 Å². The number of fused-ring (bicyclic) bond motifs is 1. The van der Waals surface area contributed by atoms with Gasteiger partial charge in [0.2, 0.25) is 0 Å². The molecule has 62 valence electrons. The Hall–Kier alpha value is 0.540. The Kier molecular flexibility index (Phi) is 0.935. The van der Waals surface area contributed by atoms with Gasteiger partial charge in [0.1, 0.15) is 4.33 Å². The number of aliphatic hydroxyl groups is 1. The van der Waals surface area contributed by atoms with Gasteiger partial charge in [0, 0.05) is 17.4 Å². The van der Waals surface area contributed by atoms with Crippen molar-refractivity contribution in [3.63, 3.8) is 0 Å². The van der Waals surface area contributed by atoms with Crippen molar-refractivity contribution >= 4 is 23.2 Å². The number of aliphatic hydroxyl groups excluding tert-OH is 1. The third-order valence-corrected chi connectivity index (χ3v) is 5.43. The molecule has 11 heavy (non-hydrogen) atoms. The monoisotopic (exact) mass is 192 g/mol. The first kappa shape index (κ1) is 6.99. The van der Waals surface area contributed by atoms with Gasteiger partial charge < -0.3 is 5.11 Å². The Morgan fingerprint density at radius 2 is 2.00 bits per heavy atom. The molecule has 0 saturated heterocycles. The highest BCUT2D eigenvalue weighted by molar-refractivity contribution is 6.53.